The lowest BCUT2D eigenvalue weighted by Gasteiger charge is -2.23. The average Bonchev–Trinajstić information content (AvgIpc) is 3.22. The summed E-state index contributed by atoms with van der Waals surface area (Å²) in [5, 5.41) is 14.9. The van der Waals surface area contributed by atoms with Crippen LogP contribution in [0.2, 0.25) is 0 Å². The highest BCUT2D eigenvalue weighted by molar-refractivity contribution is 7.14. The number of halogens is 3. The van der Waals surface area contributed by atoms with Crippen LogP contribution in [0.1, 0.15) is 25.0 Å². The lowest BCUT2D eigenvalue weighted by molar-refractivity contribution is -0.274. The van der Waals surface area contributed by atoms with E-state index in [0.29, 0.717) is 41.0 Å². The zero-order valence-corrected chi connectivity index (χ0v) is 20.3. The normalized spacial score (nSPS) is 11.7. The van der Waals surface area contributed by atoms with Crippen molar-refractivity contribution < 1.29 is 37.3 Å². The zero-order chi connectivity index (χ0) is 25.8. The molecule has 3 rings (SSSR count). The van der Waals surface area contributed by atoms with Crippen LogP contribution < -0.4 is 19.5 Å². The summed E-state index contributed by atoms with van der Waals surface area (Å²) in [5.74, 6) is -0.207. The molecule has 0 saturated carbocycles. The lowest BCUT2D eigenvalue weighted by atomic mass is 10.1. The second-order valence-electron chi connectivity index (χ2n) is 8.19. The number of nitrogens with zero attached hydrogens (tertiary/aromatic N) is 1. The van der Waals surface area contributed by atoms with Crippen LogP contribution in [0.3, 0.4) is 0 Å². The molecule has 1 heterocycles. The van der Waals surface area contributed by atoms with Gasteiger partial charge in [0.25, 0.3) is 0 Å². The Balaban J connectivity index is 1.53. The fraction of sp³-hybridized carbons (Fsp3) is 0.333. The van der Waals surface area contributed by atoms with Crippen molar-refractivity contribution in [3.05, 3.63) is 52.9 Å². The number of carbonyl (C=O) groups is 1. The van der Waals surface area contributed by atoms with E-state index in [1.54, 1.807) is 17.5 Å². The molecule has 0 atom stereocenters. The first-order valence-electron chi connectivity index (χ1n) is 10.6. The van der Waals surface area contributed by atoms with E-state index in [0.717, 1.165) is 11.1 Å². The van der Waals surface area contributed by atoms with Gasteiger partial charge in [0.2, 0.25) is 0 Å². The fourth-order valence-electron chi connectivity index (χ4n) is 2.98. The second-order valence-corrected chi connectivity index (χ2v) is 9.04. The van der Waals surface area contributed by atoms with Gasteiger partial charge >= 0.3 is 12.3 Å². The molecule has 2 N–H and O–H groups in total. The van der Waals surface area contributed by atoms with E-state index in [-0.39, 0.29) is 5.75 Å². The summed E-state index contributed by atoms with van der Waals surface area (Å²) in [5.41, 5.74) is 1.50. The Kier molecular flexibility index (Phi) is 7.79. The first-order valence-corrected chi connectivity index (χ1v) is 11.4. The Morgan fingerprint density at radius 3 is 2.31 bits per heavy atom. The molecule has 0 bridgehead atoms. The summed E-state index contributed by atoms with van der Waals surface area (Å²) in [6, 6.07) is 9.06. The van der Waals surface area contributed by atoms with Gasteiger partial charge in [-0.15, -0.1) is 24.5 Å². The Labute approximate surface area is 204 Å². The summed E-state index contributed by atoms with van der Waals surface area (Å²) in [7, 11) is 0. The standard InChI is InChI=1S/C24H25F3N2O5S/c1-14-12-20(34-23(3,4)21(30)31)15(2)11-19(14)32-10-9-28-22-29-18(13-35-22)16-5-7-17(8-6-16)33-24(25,26)27/h5-8,11-13H,9-10H2,1-4H3,(H,28,29)(H,30,31). The van der Waals surface area contributed by atoms with Gasteiger partial charge in [0.15, 0.2) is 10.7 Å². The van der Waals surface area contributed by atoms with Crippen molar-refractivity contribution in [1.82, 2.24) is 4.98 Å². The number of carboxylic acids is 1. The number of alkyl halides is 3. The molecule has 0 amide bonds. The highest BCUT2D eigenvalue weighted by atomic mass is 32.1. The van der Waals surface area contributed by atoms with Crippen molar-refractivity contribution in [2.75, 3.05) is 18.5 Å². The van der Waals surface area contributed by atoms with Crippen molar-refractivity contribution in [2.45, 2.75) is 39.7 Å². The van der Waals surface area contributed by atoms with E-state index in [1.807, 2.05) is 13.8 Å². The lowest BCUT2D eigenvalue weighted by Crippen LogP contribution is -2.38. The predicted octanol–water partition coefficient (Wildman–Crippen LogP) is 6.06. The van der Waals surface area contributed by atoms with Gasteiger partial charge in [-0.3, -0.25) is 0 Å². The first-order chi connectivity index (χ1) is 16.3. The van der Waals surface area contributed by atoms with Crippen molar-refractivity contribution in [3.8, 4) is 28.5 Å². The third-order valence-corrected chi connectivity index (χ3v) is 5.68. The van der Waals surface area contributed by atoms with E-state index in [9.17, 15) is 23.1 Å². The number of aryl methyl sites for hydroxylation is 2. The number of aliphatic carboxylic acids is 1. The Hall–Kier alpha value is -3.47. The molecule has 3 aromatic rings. The molecule has 7 nitrogen and oxygen atoms in total. The number of anilines is 1. The van der Waals surface area contributed by atoms with Crippen LogP contribution in [0.5, 0.6) is 17.2 Å². The molecular weight excluding hydrogens is 485 g/mol. The van der Waals surface area contributed by atoms with E-state index in [1.165, 1.54) is 49.4 Å². The summed E-state index contributed by atoms with van der Waals surface area (Å²) in [6.07, 6.45) is -4.73. The molecule has 0 aliphatic heterocycles. The van der Waals surface area contributed by atoms with Crippen molar-refractivity contribution in [2.24, 2.45) is 0 Å². The van der Waals surface area contributed by atoms with Crippen LogP contribution in [-0.2, 0) is 4.79 Å². The second kappa shape index (κ2) is 10.4. The maximum Gasteiger partial charge on any atom is 0.573 e. The Morgan fingerprint density at radius 1 is 1.06 bits per heavy atom. The maximum absolute atomic E-state index is 12.3. The summed E-state index contributed by atoms with van der Waals surface area (Å²) in [6.45, 7) is 7.45. The summed E-state index contributed by atoms with van der Waals surface area (Å²) >= 11 is 1.37. The van der Waals surface area contributed by atoms with Crippen LogP contribution in [0.4, 0.5) is 18.3 Å². The largest absolute Gasteiger partial charge is 0.573 e. The van der Waals surface area contributed by atoms with Gasteiger partial charge in [-0.05, 0) is 75.2 Å². The SMILES string of the molecule is Cc1cc(OC(C)(C)C(=O)O)c(C)cc1OCCNc1nc(-c2ccc(OC(F)(F)F)cc2)cs1. The summed E-state index contributed by atoms with van der Waals surface area (Å²) in [4.78, 5) is 15.8. The molecule has 0 unspecified atom stereocenters. The maximum atomic E-state index is 12.3. The predicted molar refractivity (Wildman–Crippen MR) is 126 cm³/mol. The number of thiazole rings is 1. The van der Waals surface area contributed by atoms with Crippen LogP contribution in [0.25, 0.3) is 11.3 Å². The molecule has 0 saturated heterocycles. The van der Waals surface area contributed by atoms with E-state index >= 15 is 0 Å². The molecule has 2 aromatic carbocycles. The zero-order valence-electron chi connectivity index (χ0n) is 19.5. The molecule has 0 aliphatic rings. The van der Waals surface area contributed by atoms with Gasteiger partial charge < -0.3 is 24.6 Å². The number of ether oxygens (including phenoxy) is 3. The van der Waals surface area contributed by atoms with Gasteiger partial charge in [0, 0.05) is 10.9 Å². The number of benzene rings is 2. The van der Waals surface area contributed by atoms with Crippen LogP contribution in [-0.4, -0.2) is 41.2 Å². The molecule has 11 heteroatoms. The minimum atomic E-state index is -4.73. The quantitative estimate of drug-likeness (QED) is 0.321. The highest BCUT2D eigenvalue weighted by Gasteiger charge is 2.31. The number of carboxylic acid groups (broad SMARTS) is 1. The Morgan fingerprint density at radius 2 is 1.69 bits per heavy atom. The van der Waals surface area contributed by atoms with Crippen LogP contribution >= 0.6 is 11.3 Å². The smallest absolute Gasteiger partial charge is 0.491 e. The molecule has 0 fully saturated rings. The van der Waals surface area contributed by atoms with Crippen LogP contribution in [0, 0.1) is 13.8 Å². The Bertz CT molecular complexity index is 1180. The number of hydrogen-bond acceptors (Lipinski definition) is 7. The first kappa shape index (κ1) is 26.1. The minimum absolute atomic E-state index is 0.289. The molecule has 188 valence electrons. The average molecular weight is 511 g/mol. The number of aromatic nitrogens is 1. The molecule has 0 aliphatic carbocycles. The number of nitrogens with one attached hydrogen (secondary N) is 1. The van der Waals surface area contributed by atoms with Crippen molar-refractivity contribution in [3.63, 3.8) is 0 Å². The third-order valence-electron chi connectivity index (χ3n) is 4.88. The topological polar surface area (TPSA) is 89.9 Å². The van der Waals surface area contributed by atoms with Gasteiger partial charge in [0.05, 0.1) is 12.2 Å². The van der Waals surface area contributed by atoms with Gasteiger partial charge in [-0.1, -0.05) is 0 Å². The van der Waals surface area contributed by atoms with Gasteiger partial charge in [0.1, 0.15) is 23.9 Å². The number of hydrogen-bond donors (Lipinski definition) is 2. The van der Waals surface area contributed by atoms with Crippen molar-refractivity contribution >= 4 is 22.4 Å². The van der Waals surface area contributed by atoms with E-state index in [2.05, 4.69) is 15.0 Å². The van der Waals surface area contributed by atoms with E-state index in [4.69, 9.17) is 9.47 Å². The monoisotopic (exact) mass is 510 g/mol. The molecular formula is C24H25F3N2O5S. The summed E-state index contributed by atoms with van der Waals surface area (Å²) < 4.78 is 52.3. The molecule has 0 radical (unpaired) electrons. The van der Waals surface area contributed by atoms with Gasteiger partial charge in [-0.2, -0.15) is 0 Å². The van der Waals surface area contributed by atoms with E-state index < -0.39 is 17.9 Å². The third kappa shape index (κ3) is 7.25. The molecule has 1 aromatic heterocycles. The molecule has 0 spiro atoms. The van der Waals surface area contributed by atoms with Crippen molar-refractivity contribution in [1.29, 1.82) is 0 Å². The highest BCUT2D eigenvalue weighted by Crippen LogP contribution is 2.31. The molecule has 35 heavy (non-hydrogen) atoms. The fourth-order valence-corrected chi connectivity index (χ4v) is 3.73. The minimum Gasteiger partial charge on any atom is -0.491 e. The van der Waals surface area contributed by atoms with Crippen LogP contribution in [0.15, 0.2) is 41.8 Å². The van der Waals surface area contributed by atoms with Gasteiger partial charge in [-0.25, -0.2) is 9.78 Å². The number of rotatable bonds is 10.